The fourth-order valence-corrected chi connectivity index (χ4v) is 9.57. The highest BCUT2D eigenvalue weighted by molar-refractivity contribution is 5.86. The number of H-pyrrole nitrogens is 1. The molecule has 16 nitrogen and oxygen atoms in total. The number of amides is 4. The van der Waals surface area contributed by atoms with Crippen LogP contribution in [0.5, 0.6) is 0 Å². The van der Waals surface area contributed by atoms with Gasteiger partial charge in [-0.15, -0.1) is 0 Å². The highest BCUT2D eigenvalue weighted by Crippen LogP contribution is 2.37. The Kier molecular flexibility index (Phi) is 13.8. The second-order valence-corrected chi connectivity index (χ2v) is 16.5. The van der Waals surface area contributed by atoms with Crippen LogP contribution in [0.3, 0.4) is 0 Å². The molecular weight excluding hydrogens is 771 g/mol. The molecule has 0 aliphatic carbocycles. The number of rotatable bonds is 12. The lowest BCUT2D eigenvalue weighted by molar-refractivity contribution is -0.596. The van der Waals surface area contributed by atoms with Crippen molar-refractivity contribution < 1.29 is 42.9 Å². The van der Waals surface area contributed by atoms with Crippen LogP contribution in [0.1, 0.15) is 82.3 Å². The normalized spacial score (nSPS) is 24.9. The van der Waals surface area contributed by atoms with E-state index in [1.165, 1.54) is 14.2 Å². The first kappa shape index (κ1) is 42.8. The molecule has 4 saturated heterocycles. The minimum absolute atomic E-state index is 0.0283. The van der Waals surface area contributed by atoms with E-state index < -0.39 is 24.3 Å². The Morgan fingerprint density at radius 3 is 2.17 bits per heavy atom. The third kappa shape index (κ3) is 9.49. The summed E-state index contributed by atoms with van der Waals surface area (Å²) in [6.45, 7) is 6.48. The Hall–Kier alpha value is -5.35. The van der Waals surface area contributed by atoms with Crippen molar-refractivity contribution in [1.82, 2.24) is 30.8 Å². The second-order valence-electron chi connectivity index (χ2n) is 16.5. The maximum absolute atomic E-state index is 13.9. The number of hydrogen-bond donors (Lipinski definition) is 4. The smallest absolute Gasteiger partial charge is 0.407 e. The number of hydrogen-bond acceptors (Lipinski definition) is 10. The lowest BCUT2D eigenvalue weighted by Crippen LogP contribution is -2.53. The molecule has 4 fully saturated rings. The van der Waals surface area contributed by atoms with Crippen molar-refractivity contribution in [3.8, 4) is 22.4 Å². The molecule has 0 bridgehead atoms. The van der Waals surface area contributed by atoms with E-state index in [9.17, 15) is 24.1 Å². The molecular formula is C44H58N7O9+. The first-order chi connectivity index (χ1) is 29.1. The van der Waals surface area contributed by atoms with Crippen LogP contribution in [-0.2, 0) is 28.5 Å². The fraction of sp³-hybridized carbons (Fsp3) is 0.568. The van der Waals surface area contributed by atoms with Crippen LogP contribution in [0, 0.1) is 22.7 Å². The molecule has 1 aromatic heterocycles. The van der Waals surface area contributed by atoms with Gasteiger partial charge < -0.3 is 44.8 Å². The van der Waals surface area contributed by atoms with Crippen LogP contribution >= 0.6 is 0 Å². The summed E-state index contributed by atoms with van der Waals surface area (Å²) in [5.41, 5.74) is 4.75. The summed E-state index contributed by atoms with van der Waals surface area (Å²) >= 11 is 0. The van der Waals surface area contributed by atoms with E-state index in [0.717, 1.165) is 45.5 Å². The number of carbonyl (C=O) groups is 4. The third-order valence-corrected chi connectivity index (χ3v) is 13.0. The quantitative estimate of drug-likeness (QED) is 0.171. The zero-order valence-electron chi connectivity index (χ0n) is 34.9. The van der Waals surface area contributed by atoms with Gasteiger partial charge in [0.1, 0.15) is 11.9 Å². The highest BCUT2D eigenvalue weighted by Gasteiger charge is 2.53. The lowest BCUT2D eigenvalue weighted by atomic mass is 9.78. The zero-order chi connectivity index (χ0) is 42.3. The van der Waals surface area contributed by atoms with Gasteiger partial charge in [-0.3, -0.25) is 9.59 Å². The van der Waals surface area contributed by atoms with E-state index in [4.69, 9.17) is 23.9 Å². The molecule has 4 aliphatic rings. The van der Waals surface area contributed by atoms with Crippen LogP contribution < -0.4 is 16.0 Å². The summed E-state index contributed by atoms with van der Waals surface area (Å²) in [4.78, 5) is 75.1. The predicted molar refractivity (Wildman–Crippen MR) is 220 cm³/mol. The number of methoxy groups -OCH3 is 2. The molecule has 7 rings (SSSR count). The number of nitrogens with one attached hydrogen (secondary N) is 4. The molecule has 4 aliphatic heterocycles. The molecule has 8 unspecified atom stereocenters. The van der Waals surface area contributed by atoms with Crippen LogP contribution in [0.25, 0.3) is 22.4 Å². The molecule has 4 N–H and O–H groups in total. The molecule has 0 saturated carbocycles. The number of likely N-dealkylation sites (tertiary alicyclic amines) is 1. The van der Waals surface area contributed by atoms with E-state index in [-0.39, 0.29) is 53.7 Å². The Bertz CT molecular complexity index is 1980. The number of nitroso groups, excluding NO2 is 1. The van der Waals surface area contributed by atoms with Crippen molar-refractivity contribution in [3.63, 3.8) is 0 Å². The summed E-state index contributed by atoms with van der Waals surface area (Å²) in [6.07, 6.45) is 5.38. The molecule has 16 heteroatoms. The highest BCUT2D eigenvalue weighted by atomic mass is 16.5. The summed E-state index contributed by atoms with van der Waals surface area (Å²) in [7, 11) is 2.63. The van der Waals surface area contributed by atoms with Gasteiger partial charge in [-0.2, -0.15) is 0 Å². The molecule has 5 heterocycles. The van der Waals surface area contributed by atoms with E-state index in [1.807, 2.05) is 67.3 Å². The lowest BCUT2D eigenvalue weighted by Gasteiger charge is -2.35. The van der Waals surface area contributed by atoms with Gasteiger partial charge in [-0.25, -0.2) is 14.6 Å². The first-order valence-corrected chi connectivity index (χ1v) is 21.2. The third-order valence-electron chi connectivity index (χ3n) is 13.0. The van der Waals surface area contributed by atoms with Crippen LogP contribution in [0.2, 0.25) is 0 Å². The largest absolute Gasteiger partial charge is 0.453 e. The number of aromatic nitrogens is 2. The summed E-state index contributed by atoms with van der Waals surface area (Å²) in [6, 6.07) is 13.6. The Balaban J connectivity index is 0.943. The van der Waals surface area contributed by atoms with Crippen molar-refractivity contribution in [3.05, 3.63) is 71.0 Å². The Morgan fingerprint density at radius 1 is 0.817 bits per heavy atom. The fourth-order valence-electron chi connectivity index (χ4n) is 9.57. The summed E-state index contributed by atoms with van der Waals surface area (Å²) in [5, 5.41) is 8.72. The Labute approximate surface area is 350 Å². The average molecular weight is 829 g/mol. The second kappa shape index (κ2) is 19.4. The molecule has 4 amide bonds. The molecule has 2 aromatic carbocycles. The van der Waals surface area contributed by atoms with Gasteiger partial charge in [-0.1, -0.05) is 48.5 Å². The van der Waals surface area contributed by atoms with E-state index >= 15 is 0 Å². The Morgan fingerprint density at radius 2 is 1.47 bits per heavy atom. The monoisotopic (exact) mass is 828 g/mol. The number of aromatic amines is 1. The molecule has 3 aromatic rings. The first-order valence-electron chi connectivity index (χ1n) is 21.2. The standard InChI is InChI=1S/C44H57N7O9/c1-26(46-41(52)38-16-15-36(51(38)56)34-25-60-23-19-33(34)27(2)47-43(54)57-3)28-7-9-29(10-8-28)30-11-13-31(14-12-30)35-24-45-40(48-35)37-6-5-20-50(37)42(53)39(49-44(55)58-4)32-17-21-59-22-18-32/h7-14,24,26-27,32-34,36-39H,5-6,15-23,25H2,1-4H3,(H3-,45,46,47,48,49,52,54,55)/p+1. The van der Waals surface area contributed by atoms with E-state index in [0.29, 0.717) is 70.9 Å². The predicted octanol–water partition coefficient (Wildman–Crippen LogP) is 5.44. The number of carbonyl (C=O) groups excluding carboxylic acids is 4. The summed E-state index contributed by atoms with van der Waals surface area (Å²) in [5.74, 6) is 0.170. The number of nitrogens with zero attached hydrogens (tertiary/aromatic N) is 3. The van der Waals surface area contributed by atoms with E-state index in [1.54, 1.807) is 6.20 Å². The maximum Gasteiger partial charge on any atom is 0.407 e. The molecule has 0 radical (unpaired) electrons. The zero-order valence-corrected chi connectivity index (χ0v) is 34.9. The molecule has 8 atom stereocenters. The molecule has 0 spiro atoms. The van der Waals surface area contributed by atoms with Gasteiger partial charge in [0.15, 0.2) is 0 Å². The SMILES string of the molecule is COC(=O)NC(C)C1CCOCC1C1CCC(C(=O)NC(C)c2ccc(-c3ccc(-c4cnc(C5CCCN5C(=O)C(NC(=O)OC)C5CCOCC5)[nH]4)cc3)cc2)[N+]1=O. The molecule has 60 heavy (non-hydrogen) atoms. The maximum atomic E-state index is 13.9. The van der Waals surface area contributed by atoms with Crippen molar-refractivity contribution in [2.75, 3.05) is 47.2 Å². The number of benzene rings is 2. The number of ether oxygens (including phenoxy) is 4. The van der Waals surface area contributed by atoms with Gasteiger partial charge in [0.05, 0.1) is 50.7 Å². The molecule has 322 valence electrons. The van der Waals surface area contributed by atoms with Crippen molar-refractivity contribution in [1.29, 1.82) is 0 Å². The van der Waals surface area contributed by atoms with Crippen LogP contribution in [-0.4, -0.2) is 115 Å². The minimum atomic E-state index is -0.794. The summed E-state index contributed by atoms with van der Waals surface area (Å²) < 4.78 is 21.9. The van der Waals surface area contributed by atoms with Gasteiger partial charge in [-0.05, 0) is 80.0 Å². The van der Waals surface area contributed by atoms with Crippen molar-refractivity contribution >= 4 is 24.0 Å². The van der Waals surface area contributed by atoms with Crippen LogP contribution in [0.15, 0.2) is 54.7 Å². The topological polar surface area (TPSA) is 193 Å². The number of alkyl carbamates (subject to hydrolysis) is 2. The number of imidazole rings is 1. The van der Waals surface area contributed by atoms with E-state index in [2.05, 4.69) is 20.9 Å². The average Bonchev–Trinajstić information content (AvgIpc) is 4.06. The van der Waals surface area contributed by atoms with Gasteiger partial charge in [0, 0.05) is 54.9 Å². The van der Waals surface area contributed by atoms with Crippen molar-refractivity contribution in [2.45, 2.75) is 95.0 Å². The van der Waals surface area contributed by atoms with Crippen molar-refractivity contribution in [2.24, 2.45) is 17.8 Å². The van der Waals surface area contributed by atoms with Gasteiger partial charge >= 0.3 is 12.2 Å². The van der Waals surface area contributed by atoms with Gasteiger partial charge in [0.2, 0.25) is 11.9 Å². The van der Waals surface area contributed by atoms with Crippen LogP contribution in [0.4, 0.5) is 9.59 Å². The minimum Gasteiger partial charge on any atom is -0.453 e. The van der Waals surface area contributed by atoms with Gasteiger partial charge in [0.25, 0.3) is 11.9 Å².